The van der Waals surface area contributed by atoms with Gasteiger partial charge in [0.2, 0.25) is 0 Å². The molecular formula is C39H30FN3O3S. The zero-order chi connectivity index (χ0) is 32.5. The van der Waals surface area contributed by atoms with Crippen LogP contribution < -0.4 is 14.9 Å². The first-order chi connectivity index (χ1) is 22.9. The van der Waals surface area contributed by atoms with E-state index in [1.165, 1.54) is 28.0 Å². The normalized spacial score (nSPS) is 14.5. The fourth-order valence-corrected chi connectivity index (χ4v) is 7.13. The second-order valence-electron chi connectivity index (χ2n) is 11.1. The number of rotatable bonds is 7. The highest BCUT2D eigenvalue weighted by Gasteiger charge is 2.33. The Hall–Kier alpha value is -5.60. The van der Waals surface area contributed by atoms with Crippen LogP contribution in [0.25, 0.3) is 34.3 Å². The number of carbonyl (C=O) groups excluding carboxylic acids is 1. The molecule has 0 aliphatic carbocycles. The number of carbonyl (C=O) groups is 1. The number of ether oxygens (including phenoxy) is 1. The van der Waals surface area contributed by atoms with Gasteiger partial charge < -0.3 is 9.30 Å². The lowest BCUT2D eigenvalue weighted by atomic mass is 9.96. The minimum Gasteiger partial charge on any atom is -0.463 e. The third-order valence-corrected chi connectivity index (χ3v) is 9.13. The first-order valence-corrected chi connectivity index (χ1v) is 16.1. The second-order valence-corrected chi connectivity index (χ2v) is 12.1. The summed E-state index contributed by atoms with van der Waals surface area (Å²) in [5.41, 5.74) is 6.75. The maximum atomic E-state index is 14.4. The Morgan fingerprint density at radius 2 is 1.51 bits per heavy atom. The van der Waals surface area contributed by atoms with Gasteiger partial charge in [-0.1, -0.05) is 102 Å². The molecule has 0 amide bonds. The predicted molar refractivity (Wildman–Crippen MR) is 183 cm³/mol. The first-order valence-electron chi connectivity index (χ1n) is 15.3. The van der Waals surface area contributed by atoms with Crippen molar-refractivity contribution in [2.24, 2.45) is 4.99 Å². The lowest BCUT2D eigenvalue weighted by Gasteiger charge is -2.24. The van der Waals surface area contributed by atoms with Gasteiger partial charge in [-0.05, 0) is 66.9 Å². The number of halogens is 1. The van der Waals surface area contributed by atoms with Crippen LogP contribution in [-0.4, -0.2) is 21.7 Å². The number of hydrogen-bond acceptors (Lipinski definition) is 5. The molecule has 232 valence electrons. The summed E-state index contributed by atoms with van der Waals surface area (Å²) in [5, 5.41) is 0. The Labute approximate surface area is 274 Å². The Kier molecular flexibility index (Phi) is 8.10. The highest BCUT2D eigenvalue weighted by Crippen LogP contribution is 2.37. The van der Waals surface area contributed by atoms with Gasteiger partial charge in [0.05, 0.1) is 39.8 Å². The van der Waals surface area contributed by atoms with Crippen LogP contribution in [0.15, 0.2) is 142 Å². The van der Waals surface area contributed by atoms with Crippen LogP contribution in [0.1, 0.15) is 31.0 Å². The number of aromatic nitrogens is 2. The minimum absolute atomic E-state index is 0.167. The largest absolute Gasteiger partial charge is 0.463 e. The van der Waals surface area contributed by atoms with Gasteiger partial charge in [-0.15, -0.1) is 0 Å². The van der Waals surface area contributed by atoms with Crippen LogP contribution in [0.2, 0.25) is 0 Å². The molecule has 2 aromatic heterocycles. The van der Waals surface area contributed by atoms with Crippen molar-refractivity contribution in [2.45, 2.75) is 19.9 Å². The fourth-order valence-electron chi connectivity index (χ4n) is 6.09. The molecule has 0 N–H and O–H groups in total. The molecular weight excluding hydrogens is 610 g/mol. The molecule has 0 saturated carbocycles. The smallest absolute Gasteiger partial charge is 0.338 e. The monoisotopic (exact) mass is 639 g/mol. The SMILES string of the molecule is CCOC(=O)C1=C(C)N=c2s/c(=C\c3cc(-c4ccccc4)n(-c4ccccc4)c3-c3ccccc3)c(=O)n2[C@H]1c1ccc(F)cc1. The van der Waals surface area contributed by atoms with Crippen molar-refractivity contribution in [3.63, 3.8) is 0 Å². The summed E-state index contributed by atoms with van der Waals surface area (Å²) < 4.78 is 23.6. The van der Waals surface area contributed by atoms with Gasteiger partial charge in [-0.25, -0.2) is 14.2 Å². The minimum atomic E-state index is -0.824. The summed E-state index contributed by atoms with van der Waals surface area (Å²) in [6.07, 6.45) is 1.91. The van der Waals surface area contributed by atoms with Gasteiger partial charge in [0.25, 0.3) is 5.56 Å². The van der Waals surface area contributed by atoms with E-state index in [9.17, 15) is 14.0 Å². The Balaban J connectivity index is 1.50. The lowest BCUT2D eigenvalue weighted by Crippen LogP contribution is -2.39. The van der Waals surface area contributed by atoms with Crippen molar-refractivity contribution in [3.05, 3.63) is 169 Å². The molecule has 6 nitrogen and oxygen atoms in total. The van der Waals surface area contributed by atoms with Crippen LogP contribution >= 0.6 is 11.3 Å². The summed E-state index contributed by atoms with van der Waals surface area (Å²) in [6, 6.07) is 37.5. The van der Waals surface area contributed by atoms with E-state index in [-0.39, 0.29) is 17.7 Å². The van der Waals surface area contributed by atoms with Gasteiger partial charge in [0.1, 0.15) is 5.82 Å². The summed E-state index contributed by atoms with van der Waals surface area (Å²) >= 11 is 1.26. The molecule has 1 aliphatic heterocycles. The molecule has 7 rings (SSSR count). The van der Waals surface area contributed by atoms with Crippen LogP contribution in [0.4, 0.5) is 4.39 Å². The Morgan fingerprint density at radius 1 is 0.894 bits per heavy atom. The van der Waals surface area contributed by atoms with Crippen molar-refractivity contribution < 1.29 is 13.9 Å². The van der Waals surface area contributed by atoms with Gasteiger partial charge in [0.15, 0.2) is 4.80 Å². The molecule has 0 fully saturated rings. The summed E-state index contributed by atoms with van der Waals surface area (Å²) in [4.78, 5) is 32.8. The van der Waals surface area contributed by atoms with Gasteiger partial charge >= 0.3 is 5.97 Å². The predicted octanol–water partition coefficient (Wildman–Crippen LogP) is 7.06. The first kappa shape index (κ1) is 30.1. The second kappa shape index (κ2) is 12.7. The summed E-state index contributed by atoms with van der Waals surface area (Å²) in [7, 11) is 0. The maximum absolute atomic E-state index is 14.4. The molecule has 8 heteroatoms. The van der Waals surface area contributed by atoms with Crippen LogP contribution in [0.5, 0.6) is 0 Å². The van der Waals surface area contributed by atoms with Crippen molar-refractivity contribution in [2.75, 3.05) is 6.61 Å². The van der Waals surface area contributed by atoms with E-state index in [1.54, 1.807) is 26.0 Å². The number of esters is 1. The van der Waals surface area contributed by atoms with E-state index < -0.39 is 17.8 Å². The van der Waals surface area contributed by atoms with E-state index in [2.05, 4.69) is 47.0 Å². The van der Waals surface area contributed by atoms with E-state index in [1.807, 2.05) is 60.7 Å². The van der Waals surface area contributed by atoms with E-state index >= 15 is 0 Å². The average Bonchev–Trinajstić information content (AvgIpc) is 3.62. The molecule has 0 bridgehead atoms. The zero-order valence-corrected chi connectivity index (χ0v) is 26.6. The van der Waals surface area contributed by atoms with Gasteiger partial charge in [-0.3, -0.25) is 9.36 Å². The molecule has 4 aromatic carbocycles. The highest BCUT2D eigenvalue weighted by atomic mass is 32.1. The quantitative estimate of drug-likeness (QED) is 0.176. The van der Waals surface area contributed by atoms with Crippen molar-refractivity contribution in [1.82, 2.24) is 9.13 Å². The zero-order valence-electron chi connectivity index (χ0n) is 25.8. The summed E-state index contributed by atoms with van der Waals surface area (Å²) in [5.74, 6) is -0.971. The standard InChI is InChI=1S/C39H30FN3O3S/c1-3-46-38(45)34-25(2)41-39-43(36(34)28-19-21-30(40)22-20-28)37(44)33(47-39)24-29-23-32(26-13-7-4-8-14-26)42(31-17-11-6-12-18-31)35(29)27-15-9-5-10-16-27/h4-24,36H,3H2,1-2H3/b33-24-/t36-/m0/s1. The third-order valence-electron chi connectivity index (χ3n) is 8.15. The Morgan fingerprint density at radius 3 is 2.15 bits per heavy atom. The number of allylic oxidation sites excluding steroid dienone is 1. The Bertz CT molecular complexity index is 2300. The molecule has 1 aliphatic rings. The van der Waals surface area contributed by atoms with E-state index in [0.717, 1.165) is 33.8 Å². The molecule has 0 unspecified atom stereocenters. The van der Waals surface area contributed by atoms with E-state index in [0.29, 0.717) is 20.6 Å². The molecule has 0 radical (unpaired) electrons. The highest BCUT2D eigenvalue weighted by molar-refractivity contribution is 7.07. The maximum Gasteiger partial charge on any atom is 0.338 e. The fraction of sp³-hybridized carbons (Fsp3) is 0.103. The molecule has 3 heterocycles. The number of hydrogen-bond donors (Lipinski definition) is 0. The molecule has 6 aromatic rings. The van der Waals surface area contributed by atoms with Crippen molar-refractivity contribution in [3.8, 4) is 28.2 Å². The van der Waals surface area contributed by atoms with Gasteiger partial charge in [-0.2, -0.15) is 0 Å². The van der Waals surface area contributed by atoms with Crippen molar-refractivity contribution in [1.29, 1.82) is 0 Å². The van der Waals surface area contributed by atoms with Crippen LogP contribution in [0.3, 0.4) is 0 Å². The molecule has 0 saturated heterocycles. The van der Waals surface area contributed by atoms with Crippen LogP contribution in [0, 0.1) is 5.82 Å². The number of fused-ring (bicyclic) bond motifs is 1. The number of nitrogens with zero attached hydrogens (tertiary/aromatic N) is 3. The third kappa shape index (κ3) is 5.57. The van der Waals surface area contributed by atoms with Gasteiger partial charge in [0, 0.05) is 11.3 Å². The van der Waals surface area contributed by atoms with Crippen molar-refractivity contribution >= 4 is 23.4 Å². The van der Waals surface area contributed by atoms with Crippen LogP contribution in [-0.2, 0) is 9.53 Å². The topological polar surface area (TPSA) is 65.6 Å². The number of thiazole rings is 1. The lowest BCUT2D eigenvalue weighted by molar-refractivity contribution is -0.139. The molecule has 47 heavy (non-hydrogen) atoms. The summed E-state index contributed by atoms with van der Waals surface area (Å²) in [6.45, 7) is 3.63. The number of para-hydroxylation sites is 1. The van der Waals surface area contributed by atoms with E-state index in [4.69, 9.17) is 9.73 Å². The molecule has 0 spiro atoms. The average molecular weight is 640 g/mol. The number of benzene rings is 4. The molecule has 1 atom stereocenters.